The Hall–Kier alpha value is -3.55. The average molecular weight is 406 g/mol. The van der Waals surface area contributed by atoms with Crippen molar-refractivity contribution in [3.05, 3.63) is 71.8 Å². The van der Waals surface area contributed by atoms with Gasteiger partial charge in [0.05, 0.1) is 11.3 Å². The Morgan fingerprint density at radius 1 is 1.03 bits per heavy atom. The maximum Gasteiger partial charge on any atom is 0.257 e. The van der Waals surface area contributed by atoms with Crippen LogP contribution in [0.2, 0.25) is 0 Å². The molecule has 1 aliphatic heterocycles. The molecule has 154 valence electrons. The van der Waals surface area contributed by atoms with Gasteiger partial charge in [0.1, 0.15) is 11.6 Å². The minimum absolute atomic E-state index is 0.0983. The zero-order chi connectivity index (χ0) is 20.9. The van der Waals surface area contributed by atoms with E-state index in [4.69, 9.17) is 0 Å². The standard InChI is InChI=1S/C22H23FN6O/c1-16-8-9-20(27-26-16)28-11-4-12-29(14-13-28)22(30)19-7-3-10-24-21(19)25-18-6-2-5-17(23)15-18/h2-3,5-10,15H,4,11-14H2,1H3,(H,24,25). The van der Waals surface area contributed by atoms with Crippen molar-refractivity contribution in [3.63, 3.8) is 0 Å². The first-order valence-electron chi connectivity index (χ1n) is 9.92. The van der Waals surface area contributed by atoms with Crippen molar-refractivity contribution in [1.29, 1.82) is 0 Å². The van der Waals surface area contributed by atoms with Gasteiger partial charge in [-0.2, -0.15) is 5.10 Å². The molecule has 7 nitrogen and oxygen atoms in total. The molecule has 0 saturated carbocycles. The maximum absolute atomic E-state index is 13.5. The number of nitrogens with zero attached hydrogens (tertiary/aromatic N) is 5. The molecule has 0 spiro atoms. The van der Waals surface area contributed by atoms with E-state index in [-0.39, 0.29) is 11.7 Å². The highest BCUT2D eigenvalue weighted by Gasteiger charge is 2.23. The smallest absolute Gasteiger partial charge is 0.257 e. The molecule has 0 bridgehead atoms. The van der Waals surface area contributed by atoms with Gasteiger partial charge in [0.15, 0.2) is 5.82 Å². The number of carbonyl (C=O) groups is 1. The highest BCUT2D eigenvalue weighted by atomic mass is 19.1. The number of aryl methyl sites for hydroxylation is 1. The third-order valence-corrected chi connectivity index (χ3v) is 5.02. The molecule has 1 aromatic carbocycles. The molecule has 0 atom stereocenters. The van der Waals surface area contributed by atoms with E-state index in [0.29, 0.717) is 36.7 Å². The predicted octanol–water partition coefficient (Wildman–Crippen LogP) is 3.42. The molecule has 0 aliphatic carbocycles. The highest BCUT2D eigenvalue weighted by Crippen LogP contribution is 2.22. The Labute approximate surface area is 174 Å². The van der Waals surface area contributed by atoms with Crippen LogP contribution in [-0.4, -0.2) is 52.2 Å². The maximum atomic E-state index is 13.5. The molecule has 0 unspecified atom stereocenters. The zero-order valence-corrected chi connectivity index (χ0v) is 16.8. The molecule has 30 heavy (non-hydrogen) atoms. The molecular weight excluding hydrogens is 383 g/mol. The second-order valence-electron chi connectivity index (χ2n) is 7.20. The van der Waals surface area contributed by atoms with E-state index in [0.717, 1.165) is 24.5 Å². The number of rotatable bonds is 4. The predicted molar refractivity (Wildman–Crippen MR) is 113 cm³/mol. The van der Waals surface area contributed by atoms with Gasteiger partial charge in [-0.05, 0) is 55.8 Å². The number of anilines is 3. The molecule has 3 aromatic rings. The number of benzene rings is 1. The summed E-state index contributed by atoms with van der Waals surface area (Å²) in [6, 6.07) is 13.5. The van der Waals surface area contributed by atoms with Gasteiger partial charge < -0.3 is 15.1 Å². The Balaban J connectivity index is 1.49. The van der Waals surface area contributed by atoms with Crippen LogP contribution in [0.15, 0.2) is 54.7 Å². The SMILES string of the molecule is Cc1ccc(N2CCCN(C(=O)c3cccnc3Nc3cccc(F)c3)CC2)nn1. The molecule has 0 radical (unpaired) electrons. The van der Waals surface area contributed by atoms with E-state index in [1.807, 2.05) is 24.0 Å². The van der Waals surface area contributed by atoms with E-state index < -0.39 is 0 Å². The first-order valence-corrected chi connectivity index (χ1v) is 9.92. The lowest BCUT2D eigenvalue weighted by molar-refractivity contribution is 0.0767. The number of hydrogen-bond donors (Lipinski definition) is 1. The summed E-state index contributed by atoms with van der Waals surface area (Å²) < 4.78 is 13.5. The van der Waals surface area contributed by atoms with Crippen molar-refractivity contribution in [1.82, 2.24) is 20.1 Å². The zero-order valence-electron chi connectivity index (χ0n) is 16.8. The van der Waals surface area contributed by atoms with E-state index in [1.54, 1.807) is 30.5 Å². The summed E-state index contributed by atoms with van der Waals surface area (Å²) in [4.78, 5) is 21.5. The summed E-state index contributed by atoms with van der Waals surface area (Å²) in [5.41, 5.74) is 1.88. The Bertz CT molecular complexity index is 1030. The van der Waals surface area contributed by atoms with Crippen LogP contribution >= 0.6 is 0 Å². The molecule has 1 aliphatic rings. The van der Waals surface area contributed by atoms with Crippen LogP contribution in [-0.2, 0) is 0 Å². The van der Waals surface area contributed by atoms with Crippen LogP contribution in [0.3, 0.4) is 0 Å². The molecule has 1 fully saturated rings. The highest BCUT2D eigenvalue weighted by molar-refractivity contribution is 5.99. The molecular formula is C22H23FN6O. The van der Waals surface area contributed by atoms with Gasteiger partial charge >= 0.3 is 0 Å². The summed E-state index contributed by atoms with van der Waals surface area (Å²) in [7, 11) is 0. The van der Waals surface area contributed by atoms with Gasteiger partial charge in [-0.1, -0.05) is 6.07 Å². The van der Waals surface area contributed by atoms with Crippen LogP contribution in [0.1, 0.15) is 22.5 Å². The second-order valence-corrected chi connectivity index (χ2v) is 7.20. The van der Waals surface area contributed by atoms with Gasteiger partial charge in [0.2, 0.25) is 0 Å². The number of amides is 1. The van der Waals surface area contributed by atoms with E-state index in [9.17, 15) is 9.18 Å². The summed E-state index contributed by atoms with van der Waals surface area (Å²) >= 11 is 0. The van der Waals surface area contributed by atoms with E-state index in [1.165, 1.54) is 12.1 Å². The molecule has 3 heterocycles. The molecule has 4 rings (SSSR count). The normalized spacial score (nSPS) is 14.3. The summed E-state index contributed by atoms with van der Waals surface area (Å²) in [6.07, 6.45) is 2.44. The number of hydrogen-bond acceptors (Lipinski definition) is 6. The largest absolute Gasteiger partial charge is 0.353 e. The van der Waals surface area contributed by atoms with Gasteiger partial charge in [0, 0.05) is 38.1 Å². The van der Waals surface area contributed by atoms with Crippen LogP contribution < -0.4 is 10.2 Å². The summed E-state index contributed by atoms with van der Waals surface area (Å²) in [6.45, 7) is 4.61. The van der Waals surface area contributed by atoms with Crippen LogP contribution in [0.5, 0.6) is 0 Å². The second kappa shape index (κ2) is 8.86. The average Bonchev–Trinajstić information content (AvgIpc) is 3.01. The lowest BCUT2D eigenvalue weighted by Crippen LogP contribution is -2.35. The monoisotopic (exact) mass is 406 g/mol. The van der Waals surface area contributed by atoms with Crippen molar-refractivity contribution in [2.45, 2.75) is 13.3 Å². The number of aromatic nitrogens is 3. The first-order chi connectivity index (χ1) is 14.6. The molecule has 2 aromatic heterocycles. The minimum atomic E-state index is -0.351. The van der Waals surface area contributed by atoms with Gasteiger partial charge in [-0.15, -0.1) is 5.10 Å². The quantitative estimate of drug-likeness (QED) is 0.716. The molecule has 8 heteroatoms. The summed E-state index contributed by atoms with van der Waals surface area (Å²) in [5.74, 6) is 0.790. The van der Waals surface area contributed by atoms with Gasteiger partial charge in [-0.3, -0.25) is 4.79 Å². The third-order valence-electron chi connectivity index (χ3n) is 5.02. The fourth-order valence-electron chi connectivity index (χ4n) is 3.46. The van der Waals surface area contributed by atoms with Crippen molar-refractivity contribution < 1.29 is 9.18 Å². The number of halogens is 1. The lowest BCUT2D eigenvalue weighted by atomic mass is 10.2. The van der Waals surface area contributed by atoms with Gasteiger partial charge in [-0.25, -0.2) is 9.37 Å². The van der Waals surface area contributed by atoms with E-state index >= 15 is 0 Å². The lowest BCUT2D eigenvalue weighted by Gasteiger charge is -2.23. The number of nitrogens with one attached hydrogen (secondary N) is 1. The van der Waals surface area contributed by atoms with Crippen molar-refractivity contribution in [3.8, 4) is 0 Å². The van der Waals surface area contributed by atoms with Crippen LogP contribution in [0.25, 0.3) is 0 Å². The van der Waals surface area contributed by atoms with Crippen LogP contribution in [0.4, 0.5) is 21.7 Å². The fourth-order valence-corrected chi connectivity index (χ4v) is 3.46. The Morgan fingerprint density at radius 2 is 1.93 bits per heavy atom. The number of carbonyl (C=O) groups excluding carboxylic acids is 1. The van der Waals surface area contributed by atoms with Crippen molar-refractivity contribution in [2.24, 2.45) is 0 Å². The third kappa shape index (κ3) is 4.53. The topological polar surface area (TPSA) is 74.2 Å². The molecule has 1 N–H and O–H groups in total. The van der Waals surface area contributed by atoms with Crippen LogP contribution in [0, 0.1) is 12.7 Å². The number of pyridine rings is 1. The van der Waals surface area contributed by atoms with Gasteiger partial charge in [0.25, 0.3) is 5.91 Å². The Morgan fingerprint density at radius 3 is 2.73 bits per heavy atom. The molecule has 1 saturated heterocycles. The van der Waals surface area contributed by atoms with Crippen molar-refractivity contribution >= 4 is 23.2 Å². The summed E-state index contributed by atoms with van der Waals surface area (Å²) in [5, 5.41) is 11.5. The van der Waals surface area contributed by atoms with E-state index in [2.05, 4.69) is 25.4 Å². The fraction of sp³-hybridized carbons (Fsp3) is 0.273. The first kappa shape index (κ1) is 19.8. The minimum Gasteiger partial charge on any atom is -0.353 e. The van der Waals surface area contributed by atoms with Crippen molar-refractivity contribution in [2.75, 3.05) is 36.4 Å². The molecule has 1 amide bonds. The Kier molecular flexibility index (Phi) is 5.83.